The number of sulfonamides is 1. The van der Waals surface area contributed by atoms with Crippen LogP contribution in [0.15, 0.2) is 41.3 Å². The minimum atomic E-state index is -4.44. The third kappa shape index (κ3) is 3.99. The Morgan fingerprint density at radius 2 is 1.88 bits per heavy atom. The SMILES string of the molecule is COc1ccc(Cl)cc1C(=O)NNS(=O)(=O)c1ccc(F)cc1F. The van der Waals surface area contributed by atoms with Crippen LogP contribution in [0.3, 0.4) is 0 Å². The Labute approximate surface area is 141 Å². The molecule has 10 heteroatoms. The van der Waals surface area contributed by atoms with Crippen LogP contribution >= 0.6 is 11.6 Å². The van der Waals surface area contributed by atoms with Gasteiger partial charge < -0.3 is 4.74 Å². The van der Waals surface area contributed by atoms with Crippen molar-refractivity contribution in [3.8, 4) is 5.75 Å². The Kier molecular flexibility index (Phi) is 5.37. The highest BCUT2D eigenvalue weighted by atomic mass is 35.5. The molecule has 0 radical (unpaired) electrons. The molecule has 0 aliphatic heterocycles. The van der Waals surface area contributed by atoms with Crippen LogP contribution in [-0.2, 0) is 10.0 Å². The zero-order valence-electron chi connectivity index (χ0n) is 12.1. The maximum atomic E-state index is 13.6. The van der Waals surface area contributed by atoms with E-state index in [2.05, 4.69) is 0 Å². The molecule has 0 spiro atoms. The Hall–Kier alpha value is -2.23. The van der Waals surface area contributed by atoms with E-state index in [4.69, 9.17) is 16.3 Å². The number of methoxy groups -OCH3 is 1. The van der Waals surface area contributed by atoms with Gasteiger partial charge in [-0.1, -0.05) is 11.6 Å². The highest BCUT2D eigenvalue weighted by Crippen LogP contribution is 2.22. The molecule has 0 saturated carbocycles. The molecule has 2 rings (SSSR count). The van der Waals surface area contributed by atoms with Crippen molar-refractivity contribution in [3.05, 3.63) is 58.6 Å². The summed E-state index contributed by atoms with van der Waals surface area (Å²) < 4.78 is 55.3. The number of ether oxygens (including phenoxy) is 1. The van der Waals surface area contributed by atoms with Crippen molar-refractivity contribution in [1.29, 1.82) is 0 Å². The molecule has 0 fully saturated rings. The van der Waals surface area contributed by atoms with Gasteiger partial charge >= 0.3 is 0 Å². The molecular formula is C14H11ClF2N2O4S. The zero-order chi connectivity index (χ0) is 17.9. The highest BCUT2D eigenvalue weighted by molar-refractivity contribution is 7.89. The Bertz CT molecular complexity index is 890. The molecule has 6 nitrogen and oxygen atoms in total. The van der Waals surface area contributed by atoms with E-state index in [9.17, 15) is 22.0 Å². The summed E-state index contributed by atoms with van der Waals surface area (Å²) in [6.07, 6.45) is 0. The second-order valence-corrected chi connectivity index (χ2v) is 6.57. The minimum Gasteiger partial charge on any atom is -0.496 e. The topological polar surface area (TPSA) is 84.5 Å². The predicted octanol–water partition coefficient (Wildman–Crippen LogP) is 2.25. The van der Waals surface area contributed by atoms with E-state index < -0.39 is 32.5 Å². The van der Waals surface area contributed by atoms with Crippen molar-refractivity contribution < 1.29 is 26.7 Å². The van der Waals surface area contributed by atoms with Gasteiger partial charge in [0.1, 0.15) is 22.3 Å². The summed E-state index contributed by atoms with van der Waals surface area (Å²) in [5, 5.41) is 0.230. The molecule has 0 heterocycles. The summed E-state index contributed by atoms with van der Waals surface area (Å²) in [5.41, 5.74) is 1.87. The lowest BCUT2D eigenvalue weighted by Crippen LogP contribution is -2.42. The Morgan fingerprint density at radius 3 is 2.50 bits per heavy atom. The number of rotatable bonds is 5. The van der Waals surface area contributed by atoms with Gasteiger partial charge in [-0.2, -0.15) is 0 Å². The van der Waals surface area contributed by atoms with Gasteiger partial charge in [0, 0.05) is 11.1 Å². The maximum Gasteiger partial charge on any atom is 0.270 e. The van der Waals surface area contributed by atoms with Crippen LogP contribution in [0, 0.1) is 11.6 Å². The molecule has 0 aromatic heterocycles. The number of hydrogen-bond donors (Lipinski definition) is 2. The second-order valence-electron chi connectivity index (χ2n) is 4.48. The molecular weight excluding hydrogens is 366 g/mol. The van der Waals surface area contributed by atoms with Crippen LogP contribution in [0.4, 0.5) is 8.78 Å². The number of benzene rings is 2. The largest absolute Gasteiger partial charge is 0.496 e. The number of carbonyl (C=O) groups excluding carboxylic acids is 1. The molecule has 0 atom stereocenters. The lowest BCUT2D eigenvalue weighted by molar-refractivity contribution is 0.0942. The fourth-order valence-electron chi connectivity index (χ4n) is 1.79. The highest BCUT2D eigenvalue weighted by Gasteiger charge is 2.21. The molecule has 0 saturated heterocycles. The van der Waals surface area contributed by atoms with Gasteiger partial charge in [0.05, 0.1) is 12.7 Å². The summed E-state index contributed by atoms with van der Waals surface area (Å²) in [5.74, 6) is -2.94. The van der Waals surface area contributed by atoms with E-state index in [1.165, 1.54) is 25.3 Å². The summed E-state index contributed by atoms with van der Waals surface area (Å²) >= 11 is 5.78. The van der Waals surface area contributed by atoms with Gasteiger partial charge in [0.25, 0.3) is 15.9 Å². The molecule has 1 amide bonds. The third-order valence-electron chi connectivity index (χ3n) is 2.89. The van der Waals surface area contributed by atoms with Crippen molar-refractivity contribution in [1.82, 2.24) is 10.3 Å². The average Bonchev–Trinajstić information content (AvgIpc) is 2.52. The zero-order valence-corrected chi connectivity index (χ0v) is 13.7. The van der Waals surface area contributed by atoms with E-state index in [1.807, 2.05) is 5.43 Å². The molecule has 0 aliphatic rings. The molecule has 2 aromatic carbocycles. The first-order chi connectivity index (χ1) is 11.2. The Morgan fingerprint density at radius 1 is 1.17 bits per heavy atom. The van der Waals surface area contributed by atoms with Gasteiger partial charge in [-0.25, -0.2) is 17.2 Å². The molecule has 128 valence electrons. The summed E-state index contributed by atoms with van der Waals surface area (Å²) in [6, 6.07) is 6.10. The van der Waals surface area contributed by atoms with Crippen molar-refractivity contribution in [2.75, 3.05) is 7.11 Å². The average molecular weight is 377 g/mol. The van der Waals surface area contributed by atoms with Crippen LogP contribution < -0.4 is 15.0 Å². The number of carbonyl (C=O) groups is 1. The first-order valence-corrected chi connectivity index (χ1v) is 8.21. The third-order valence-corrected chi connectivity index (χ3v) is 4.40. The molecule has 2 N–H and O–H groups in total. The van der Waals surface area contributed by atoms with Gasteiger partial charge in [-0.05, 0) is 30.3 Å². The Balaban J connectivity index is 2.20. The predicted molar refractivity (Wildman–Crippen MR) is 82.1 cm³/mol. The summed E-state index contributed by atoms with van der Waals surface area (Å²) in [7, 11) is -3.12. The first-order valence-electron chi connectivity index (χ1n) is 6.35. The second kappa shape index (κ2) is 7.12. The van der Waals surface area contributed by atoms with Crippen molar-refractivity contribution in [2.24, 2.45) is 0 Å². The molecule has 0 unspecified atom stereocenters. The smallest absolute Gasteiger partial charge is 0.270 e. The lowest BCUT2D eigenvalue weighted by atomic mass is 10.2. The minimum absolute atomic E-state index is 0.0349. The van der Waals surface area contributed by atoms with Gasteiger partial charge in [-0.15, -0.1) is 4.83 Å². The molecule has 24 heavy (non-hydrogen) atoms. The van der Waals surface area contributed by atoms with Crippen LogP contribution in [-0.4, -0.2) is 21.4 Å². The quantitative estimate of drug-likeness (QED) is 0.784. The van der Waals surface area contributed by atoms with Crippen LogP contribution in [0.25, 0.3) is 0 Å². The number of hydrogen-bond acceptors (Lipinski definition) is 4. The summed E-state index contributed by atoms with van der Waals surface area (Å²) in [4.78, 5) is 13.0. The fourth-order valence-corrected chi connectivity index (χ4v) is 2.86. The van der Waals surface area contributed by atoms with Gasteiger partial charge in [0.15, 0.2) is 0 Å². The van der Waals surface area contributed by atoms with Crippen molar-refractivity contribution in [3.63, 3.8) is 0 Å². The van der Waals surface area contributed by atoms with E-state index in [-0.39, 0.29) is 16.3 Å². The monoisotopic (exact) mass is 376 g/mol. The number of amides is 1. The first kappa shape index (κ1) is 18.1. The van der Waals surface area contributed by atoms with Crippen molar-refractivity contribution >= 4 is 27.5 Å². The number of nitrogens with one attached hydrogen (secondary N) is 2. The van der Waals surface area contributed by atoms with Crippen molar-refractivity contribution in [2.45, 2.75) is 4.90 Å². The van der Waals surface area contributed by atoms with E-state index in [0.717, 1.165) is 12.1 Å². The van der Waals surface area contributed by atoms with Crippen LogP contribution in [0.2, 0.25) is 5.02 Å². The maximum absolute atomic E-state index is 13.6. The van der Waals surface area contributed by atoms with E-state index in [0.29, 0.717) is 6.07 Å². The van der Waals surface area contributed by atoms with Gasteiger partial charge in [-0.3, -0.25) is 10.2 Å². The summed E-state index contributed by atoms with van der Waals surface area (Å²) in [6.45, 7) is 0. The van der Waals surface area contributed by atoms with Crippen LogP contribution in [0.1, 0.15) is 10.4 Å². The normalized spacial score (nSPS) is 11.2. The molecule has 0 bridgehead atoms. The van der Waals surface area contributed by atoms with Gasteiger partial charge in [0.2, 0.25) is 0 Å². The molecule has 2 aromatic rings. The number of hydrazine groups is 1. The standard InChI is InChI=1S/C14H11ClF2N2O4S/c1-23-12-4-2-8(15)6-10(12)14(20)18-19-24(21,22)13-5-3-9(16)7-11(13)17/h2-7,19H,1H3,(H,18,20). The number of halogens is 3. The van der Waals surface area contributed by atoms with Crippen LogP contribution in [0.5, 0.6) is 5.75 Å². The fraction of sp³-hybridized carbons (Fsp3) is 0.0714. The van der Waals surface area contributed by atoms with E-state index >= 15 is 0 Å². The van der Waals surface area contributed by atoms with E-state index in [1.54, 1.807) is 4.83 Å². The lowest BCUT2D eigenvalue weighted by Gasteiger charge is -2.11. The molecule has 0 aliphatic carbocycles.